The molecule has 1 saturated heterocycles. The second-order valence-electron chi connectivity index (χ2n) is 6.81. The van der Waals surface area contributed by atoms with E-state index in [0.717, 1.165) is 41.2 Å². The highest BCUT2D eigenvalue weighted by atomic mass is 16.5. The summed E-state index contributed by atoms with van der Waals surface area (Å²) < 4.78 is 11.3. The lowest BCUT2D eigenvalue weighted by Gasteiger charge is -2.33. The van der Waals surface area contributed by atoms with Crippen LogP contribution in [-0.4, -0.2) is 53.9 Å². The van der Waals surface area contributed by atoms with Gasteiger partial charge in [0.05, 0.1) is 36.9 Å². The smallest absolute Gasteiger partial charge is 0.226 e. The van der Waals surface area contributed by atoms with Crippen LogP contribution in [0, 0.1) is 6.92 Å². The lowest BCUT2D eigenvalue weighted by molar-refractivity contribution is -0.120. The Morgan fingerprint density at radius 1 is 1.26 bits per heavy atom. The number of benzene rings is 1. The van der Waals surface area contributed by atoms with Crippen molar-refractivity contribution in [2.45, 2.75) is 19.4 Å². The van der Waals surface area contributed by atoms with Gasteiger partial charge in [0, 0.05) is 25.0 Å². The molecule has 27 heavy (non-hydrogen) atoms. The molecule has 0 spiro atoms. The molecular weight excluding hydrogens is 344 g/mol. The Bertz CT molecular complexity index is 911. The van der Waals surface area contributed by atoms with E-state index in [1.165, 1.54) is 0 Å². The fourth-order valence-corrected chi connectivity index (χ4v) is 3.51. The van der Waals surface area contributed by atoms with Gasteiger partial charge in [-0.3, -0.25) is 14.8 Å². The molecule has 142 valence electrons. The van der Waals surface area contributed by atoms with Gasteiger partial charge in [-0.2, -0.15) is 5.10 Å². The Kier molecular flexibility index (Phi) is 5.22. The van der Waals surface area contributed by atoms with E-state index in [1.54, 1.807) is 0 Å². The van der Waals surface area contributed by atoms with Crippen LogP contribution in [-0.2, 0) is 16.0 Å². The highest BCUT2D eigenvalue weighted by Gasteiger charge is 2.25. The topological polar surface area (TPSA) is 83.4 Å². The van der Waals surface area contributed by atoms with Gasteiger partial charge in [0.25, 0.3) is 0 Å². The van der Waals surface area contributed by atoms with Gasteiger partial charge in [-0.25, -0.2) is 0 Å². The van der Waals surface area contributed by atoms with Gasteiger partial charge in [0.1, 0.15) is 11.5 Å². The minimum absolute atomic E-state index is 0.00469. The molecule has 0 radical (unpaired) electrons. The summed E-state index contributed by atoms with van der Waals surface area (Å²) in [5.74, 6) is 1.71. The van der Waals surface area contributed by atoms with Crippen LogP contribution < -0.4 is 5.32 Å². The first-order chi connectivity index (χ1) is 13.2. The van der Waals surface area contributed by atoms with E-state index in [2.05, 4.69) is 20.4 Å². The molecule has 7 heteroatoms. The number of H-pyrrole nitrogens is 1. The number of nitrogens with zero attached hydrogens (tertiary/aromatic N) is 2. The summed E-state index contributed by atoms with van der Waals surface area (Å²) in [4.78, 5) is 14.8. The number of fused-ring (bicyclic) bond motifs is 1. The Balaban J connectivity index is 1.43. The van der Waals surface area contributed by atoms with E-state index in [4.69, 9.17) is 9.15 Å². The van der Waals surface area contributed by atoms with Crippen molar-refractivity contribution in [3.8, 4) is 0 Å². The molecule has 7 nitrogen and oxygen atoms in total. The molecule has 1 fully saturated rings. The molecule has 3 aromatic rings. The lowest BCUT2D eigenvalue weighted by Crippen LogP contribution is -2.44. The highest BCUT2D eigenvalue weighted by molar-refractivity contribution is 5.87. The van der Waals surface area contributed by atoms with Crippen LogP contribution in [0.3, 0.4) is 0 Å². The molecular formula is C20H24N4O3. The standard InChI is InChI=1S/C20H24N4O3/c1-14-6-7-19(27-14)18(24-8-10-26-11-9-24)13-21-20(25)12-17-15-4-2-3-5-16(15)22-23-17/h2-7,18H,8-13H2,1H3,(H,21,25)(H,22,23). The predicted molar refractivity (Wildman–Crippen MR) is 101 cm³/mol. The predicted octanol–water partition coefficient (Wildman–Crippen LogP) is 2.20. The number of aromatic nitrogens is 2. The van der Waals surface area contributed by atoms with Crippen molar-refractivity contribution in [2.75, 3.05) is 32.8 Å². The third-order valence-corrected chi connectivity index (χ3v) is 4.95. The van der Waals surface area contributed by atoms with Gasteiger partial charge in [-0.1, -0.05) is 18.2 Å². The number of aromatic amines is 1. The average Bonchev–Trinajstić information content (AvgIpc) is 3.30. The maximum atomic E-state index is 12.5. The molecule has 1 amide bonds. The number of amides is 1. The highest BCUT2D eigenvalue weighted by Crippen LogP contribution is 2.23. The first-order valence-corrected chi connectivity index (χ1v) is 9.27. The van der Waals surface area contributed by atoms with E-state index in [0.29, 0.717) is 19.8 Å². The Morgan fingerprint density at radius 3 is 2.85 bits per heavy atom. The molecule has 1 aliphatic heterocycles. The zero-order chi connectivity index (χ0) is 18.6. The second kappa shape index (κ2) is 7.94. The van der Waals surface area contributed by atoms with E-state index in [-0.39, 0.29) is 18.4 Å². The molecule has 4 rings (SSSR count). The van der Waals surface area contributed by atoms with Crippen LogP contribution in [0.15, 0.2) is 40.8 Å². The SMILES string of the molecule is Cc1ccc(C(CNC(=O)Cc2[nH]nc3ccccc23)N2CCOCC2)o1. The summed E-state index contributed by atoms with van der Waals surface area (Å²) in [5.41, 5.74) is 1.71. The summed E-state index contributed by atoms with van der Waals surface area (Å²) in [6, 6.07) is 11.7. The summed E-state index contributed by atoms with van der Waals surface area (Å²) in [5, 5.41) is 11.3. The molecule has 2 aromatic heterocycles. The minimum atomic E-state index is -0.0362. The molecule has 1 unspecified atom stereocenters. The van der Waals surface area contributed by atoms with Crippen molar-refractivity contribution >= 4 is 16.8 Å². The molecule has 3 heterocycles. The fraction of sp³-hybridized carbons (Fsp3) is 0.400. The number of aryl methyl sites for hydroxylation is 1. The van der Waals surface area contributed by atoms with Crippen LogP contribution in [0.25, 0.3) is 10.9 Å². The summed E-state index contributed by atoms with van der Waals surface area (Å²) in [6.07, 6.45) is 0.271. The number of nitrogens with one attached hydrogen (secondary N) is 2. The van der Waals surface area contributed by atoms with Crippen molar-refractivity contribution < 1.29 is 13.9 Å². The van der Waals surface area contributed by atoms with Crippen molar-refractivity contribution in [1.29, 1.82) is 0 Å². The summed E-state index contributed by atoms with van der Waals surface area (Å²) in [7, 11) is 0. The third-order valence-electron chi connectivity index (χ3n) is 4.95. The lowest BCUT2D eigenvalue weighted by atomic mass is 10.1. The van der Waals surface area contributed by atoms with Crippen LogP contribution in [0.2, 0.25) is 0 Å². The van der Waals surface area contributed by atoms with Crippen molar-refractivity contribution in [3.63, 3.8) is 0 Å². The number of carbonyl (C=O) groups is 1. The maximum absolute atomic E-state index is 12.5. The molecule has 0 bridgehead atoms. The molecule has 1 atom stereocenters. The van der Waals surface area contributed by atoms with Gasteiger partial charge < -0.3 is 14.5 Å². The Hall–Kier alpha value is -2.64. The van der Waals surface area contributed by atoms with E-state index in [9.17, 15) is 4.79 Å². The largest absolute Gasteiger partial charge is 0.465 e. The number of ether oxygens (including phenoxy) is 1. The van der Waals surface area contributed by atoms with Gasteiger partial charge in [0.2, 0.25) is 5.91 Å². The van der Waals surface area contributed by atoms with Crippen LogP contribution >= 0.6 is 0 Å². The summed E-state index contributed by atoms with van der Waals surface area (Å²) >= 11 is 0. The molecule has 0 aliphatic carbocycles. The van der Waals surface area contributed by atoms with Crippen molar-refractivity contribution in [1.82, 2.24) is 20.4 Å². The number of rotatable bonds is 6. The molecule has 0 saturated carbocycles. The van der Waals surface area contributed by atoms with Crippen molar-refractivity contribution in [2.24, 2.45) is 0 Å². The van der Waals surface area contributed by atoms with Crippen LogP contribution in [0.5, 0.6) is 0 Å². The zero-order valence-corrected chi connectivity index (χ0v) is 15.4. The normalized spacial score (nSPS) is 16.5. The van der Waals surface area contributed by atoms with Gasteiger partial charge in [-0.05, 0) is 25.1 Å². The van der Waals surface area contributed by atoms with Gasteiger partial charge in [0.15, 0.2) is 0 Å². The monoisotopic (exact) mass is 368 g/mol. The quantitative estimate of drug-likeness (QED) is 0.697. The number of carbonyl (C=O) groups excluding carboxylic acids is 1. The van der Waals surface area contributed by atoms with Crippen LogP contribution in [0.1, 0.15) is 23.3 Å². The second-order valence-corrected chi connectivity index (χ2v) is 6.81. The minimum Gasteiger partial charge on any atom is -0.465 e. The fourth-order valence-electron chi connectivity index (χ4n) is 3.51. The number of hydrogen-bond acceptors (Lipinski definition) is 5. The number of morpholine rings is 1. The molecule has 2 N–H and O–H groups in total. The number of para-hydroxylation sites is 1. The first-order valence-electron chi connectivity index (χ1n) is 9.27. The maximum Gasteiger partial charge on any atom is 0.226 e. The Labute approximate surface area is 157 Å². The zero-order valence-electron chi connectivity index (χ0n) is 15.4. The third kappa shape index (κ3) is 4.04. The summed E-state index contributed by atoms with van der Waals surface area (Å²) in [6.45, 7) is 5.48. The average molecular weight is 368 g/mol. The molecule has 1 aromatic carbocycles. The van der Waals surface area contributed by atoms with E-state index >= 15 is 0 Å². The van der Waals surface area contributed by atoms with Gasteiger partial charge in [-0.15, -0.1) is 0 Å². The number of furan rings is 1. The van der Waals surface area contributed by atoms with Crippen molar-refractivity contribution in [3.05, 3.63) is 53.6 Å². The number of hydrogen-bond donors (Lipinski definition) is 2. The van der Waals surface area contributed by atoms with E-state index in [1.807, 2.05) is 43.3 Å². The molecule has 1 aliphatic rings. The van der Waals surface area contributed by atoms with Gasteiger partial charge >= 0.3 is 0 Å². The van der Waals surface area contributed by atoms with Crippen LogP contribution in [0.4, 0.5) is 0 Å². The Morgan fingerprint density at radius 2 is 2.07 bits per heavy atom. The van der Waals surface area contributed by atoms with E-state index < -0.39 is 0 Å². The first kappa shape index (κ1) is 17.8.